The molecule has 0 aromatic heterocycles. The van der Waals surface area contributed by atoms with Crippen LogP contribution >= 0.6 is 0 Å². The summed E-state index contributed by atoms with van der Waals surface area (Å²) in [7, 11) is 0. The maximum atomic E-state index is 10.9. The lowest BCUT2D eigenvalue weighted by Crippen LogP contribution is -2.14. The Bertz CT molecular complexity index is 515. The second kappa shape index (κ2) is 6.71. The monoisotopic (exact) mass is 285 g/mol. The van der Waals surface area contributed by atoms with E-state index in [0.29, 0.717) is 19.1 Å². The number of ether oxygens (including phenoxy) is 1. The van der Waals surface area contributed by atoms with E-state index < -0.39 is 34.0 Å². The van der Waals surface area contributed by atoms with Crippen molar-refractivity contribution in [1.29, 1.82) is 0 Å². The van der Waals surface area contributed by atoms with Crippen molar-refractivity contribution >= 4 is 12.0 Å². The molecule has 20 heavy (non-hydrogen) atoms. The van der Waals surface area contributed by atoms with Gasteiger partial charge in [0.25, 0.3) is 0 Å². The van der Waals surface area contributed by atoms with Gasteiger partial charge in [-0.15, -0.1) is 0 Å². The normalized spacial score (nSPS) is 12.1. The van der Waals surface area contributed by atoms with E-state index >= 15 is 0 Å². The number of rotatable bonds is 7. The third-order valence-corrected chi connectivity index (χ3v) is 2.67. The Balaban J connectivity index is 3.05. The lowest BCUT2D eigenvalue weighted by molar-refractivity contribution is -0.387. The molecule has 1 aromatic rings. The van der Waals surface area contributed by atoms with Crippen molar-refractivity contribution in [3.05, 3.63) is 21.7 Å². The van der Waals surface area contributed by atoms with Crippen LogP contribution in [0.5, 0.6) is 17.2 Å². The number of aldehydes is 1. The highest BCUT2D eigenvalue weighted by molar-refractivity contribution is 5.64. The van der Waals surface area contributed by atoms with E-state index in [4.69, 9.17) is 4.74 Å². The van der Waals surface area contributed by atoms with Gasteiger partial charge in [-0.05, 0) is 12.5 Å². The van der Waals surface area contributed by atoms with E-state index in [-0.39, 0.29) is 12.2 Å². The molecule has 0 aliphatic rings. The molecule has 1 rings (SSSR count). The van der Waals surface area contributed by atoms with Crippen molar-refractivity contribution in [1.82, 2.24) is 0 Å². The summed E-state index contributed by atoms with van der Waals surface area (Å²) < 4.78 is 5.18. The summed E-state index contributed by atoms with van der Waals surface area (Å²) in [5.41, 5.74) is -0.896. The Morgan fingerprint density at radius 3 is 2.55 bits per heavy atom. The van der Waals surface area contributed by atoms with Crippen molar-refractivity contribution < 1.29 is 29.8 Å². The first-order valence-electron chi connectivity index (χ1n) is 5.90. The fraction of sp³-hybridized carbons (Fsp3) is 0.417. The third-order valence-electron chi connectivity index (χ3n) is 2.67. The molecule has 0 radical (unpaired) electrons. The van der Waals surface area contributed by atoms with Gasteiger partial charge in [0.2, 0.25) is 11.5 Å². The molecule has 3 N–H and O–H groups in total. The van der Waals surface area contributed by atoms with Crippen LogP contribution in [0.2, 0.25) is 0 Å². The number of carbonyl (C=O) groups is 1. The van der Waals surface area contributed by atoms with Crippen molar-refractivity contribution in [3.8, 4) is 17.2 Å². The number of nitrogens with zero attached hydrogens (tertiary/aromatic N) is 1. The van der Waals surface area contributed by atoms with Gasteiger partial charge >= 0.3 is 5.69 Å². The number of aromatic hydroxyl groups is 3. The topological polar surface area (TPSA) is 130 Å². The predicted octanol–water partition coefficient (Wildman–Crippen LogP) is 1.60. The Morgan fingerprint density at radius 1 is 1.40 bits per heavy atom. The molecule has 0 fully saturated rings. The second-order valence-electron chi connectivity index (χ2n) is 4.13. The van der Waals surface area contributed by atoms with Gasteiger partial charge < -0.3 is 24.9 Å². The first-order valence-corrected chi connectivity index (χ1v) is 5.90. The largest absolute Gasteiger partial charge is 0.504 e. The summed E-state index contributed by atoms with van der Waals surface area (Å²) in [6.45, 7) is 1.50. The number of nitro benzene ring substituents is 1. The molecule has 0 amide bonds. The van der Waals surface area contributed by atoms with Gasteiger partial charge in [0.1, 0.15) is 12.4 Å². The van der Waals surface area contributed by atoms with E-state index in [1.54, 1.807) is 0 Å². The zero-order valence-corrected chi connectivity index (χ0v) is 10.8. The zero-order valence-electron chi connectivity index (χ0n) is 10.8. The molecule has 1 unspecified atom stereocenters. The number of hydrogen-bond donors (Lipinski definition) is 3. The molecule has 110 valence electrons. The standard InChI is InChI=1S/C12H15NO7/c1-2-3-8(5-14)20-6-7-4-9(15)11(16)12(17)10(7)13(18)19/h4-5,8,15-17H,2-3,6H2,1H3. The molecule has 0 saturated heterocycles. The van der Waals surface area contributed by atoms with Crippen LogP contribution in [0.1, 0.15) is 25.3 Å². The molecule has 0 bridgehead atoms. The summed E-state index contributed by atoms with van der Waals surface area (Å²) in [5, 5.41) is 39.0. The zero-order chi connectivity index (χ0) is 15.3. The lowest BCUT2D eigenvalue weighted by Gasteiger charge is -2.12. The Hall–Kier alpha value is -2.35. The van der Waals surface area contributed by atoms with Crippen molar-refractivity contribution in [2.45, 2.75) is 32.5 Å². The molecule has 0 spiro atoms. The minimum absolute atomic E-state index is 0.134. The average molecular weight is 285 g/mol. The molecular weight excluding hydrogens is 270 g/mol. The number of phenols is 3. The molecule has 0 aliphatic heterocycles. The molecule has 0 heterocycles. The molecule has 0 aliphatic carbocycles. The van der Waals surface area contributed by atoms with Gasteiger partial charge in [0.15, 0.2) is 5.75 Å². The Kier molecular flexibility index (Phi) is 5.27. The van der Waals surface area contributed by atoms with Crippen LogP contribution in [0.4, 0.5) is 5.69 Å². The average Bonchev–Trinajstić information content (AvgIpc) is 2.40. The molecule has 8 nitrogen and oxygen atoms in total. The van der Waals surface area contributed by atoms with Crippen LogP contribution in [-0.4, -0.2) is 32.6 Å². The van der Waals surface area contributed by atoms with Crippen LogP contribution in [0.3, 0.4) is 0 Å². The van der Waals surface area contributed by atoms with E-state index in [9.17, 15) is 30.2 Å². The van der Waals surface area contributed by atoms with E-state index in [1.807, 2.05) is 6.92 Å². The number of nitro groups is 1. The quantitative estimate of drug-likeness (QED) is 0.300. The van der Waals surface area contributed by atoms with Crippen molar-refractivity contribution in [2.75, 3.05) is 0 Å². The SMILES string of the molecule is CCCC(C=O)OCc1cc(O)c(O)c(O)c1[N+](=O)[O-]. The van der Waals surface area contributed by atoms with Gasteiger partial charge in [-0.3, -0.25) is 10.1 Å². The van der Waals surface area contributed by atoms with Crippen LogP contribution < -0.4 is 0 Å². The number of hydrogen-bond acceptors (Lipinski definition) is 7. The van der Waals surface area contributed by atoms with Crippen molar-refractivity contribution in [2.24, 2.45) is 0 Å². The molecule has 1 aromatic carbocycles. The maximum absolute atomic E-state index is 10.9. The van der Waals surface area contributed by atoms with Crippen LogP contribution in [0, 0.1) is 10.1 Å². The fourth-order valence-corrected chi connectivity index (χ4v) is 1.67. The van der Waals surface area contributed by atoms with Gasteiger partial charge in [0, 0.05) is 0 Å². The first-order chi connectivity index (χ1) is 9.42. The van der Waals surface area contributed by atoms with Gasteiger partial charge in [-0.1, -0.05) is 13.3 Å². The number of benzene rings is 1. The predicted molar refractivity (Wildman–Crippen MR) is 67.6 cm³/mol. The van der Waals surface area contributed by atoms with Gasteiger partial charge in [0.05, 0.1) is 17.1 Å². The summed E-state index contributed by atoms with van der Waals surface area (Å²) in [5.74, 6) is -2.71. The van der Waals surface area contributed by atoms with Gasteiger partial charge in [-0.2, -0.15) is 0 Å². The maximum Gasteiger partial charge on any atom is 0.320 e. The second-order valence-corrected chi connectivity index (χ2v) is 4.13. The highest BCUT2D eigenvalue weighted by atomic mass is 16.6. The number of phenolic OH excluding ortho intramolecular Hbond substituents is 3. The van der Waals surface area contributed by atoms with E-state index in [2.05, 4.69) is 0 Å². The smallest absolute Gasteiger partial charge is 0.320 e. The van der Waals surface area contributed by atoms with Crippen molar-refractivity contribution in [3.63, 3.8) is 0 Å². The lowest BCUT2D eigenvalue weighted by atomic mass is 10.1. The van der Waals surface area contributed by atoms with Crippen LogP contribution in [0.15, 0.2) is 6.07 Å². The summed E-state index contributed by atoms with van der Waals surface area (Å²) >= 11 is 0. The van der Waals surface area contributed by atoms with E-state index in [0.717, 1.165) is 6.07 Å². The third kappa shape index (κ3) is 3.35. The molecule has 0 saturated carbocycles. The minimum atomic E-state index is -1.04. The first kappa shape index (κ1) is 15.7. The minimum Gasteiger partial charge on any atom is -0.504 e. The fourth-order valence-electron chi connectivity index (χ4n) is 1.67. The molecular formula is C12H15NO7. The summed E-state index contributed by atoms with van der Waals surface area (Å²) in [6, 6.07) is 0.918. The van der Waals surface area contributed by atoms with Crippen LogP contribution in [0.25, 0.3) is 0 Å². The Morgan fingerprint density at radius 2 is 2.05 bits per heavy atom. The van der Waals surface area contributed by atoms with Crippen LogP contribution in [-0.2, 0) is 16.1 Å². The number of carbonyl (C=O) groups excluding carboxylic acids is 1. The van der Waals surface area contributed by atoms with E-state index in [1.165, 1.54) is 0 Å². The highest BCUT2D eigenvalue weighted by Crippen LogP contribution is 2.44. The summed E-state index contributed by atoms with van der Waals surface area (Å²) in [6.07, 6.45) is 0.998. The summed E-state index contributed by atoms with van der Waals surface area (Å²) in [4.78, 5) is 20.7. The van der Waals surface area contributed by atoms with Gasteiger partial charge in [-0.25, -0.2) is 0 Å². The molecule has 1 atom stereocenters. The molecule has 8 heteroatoms. The Labute approximate surface area is 114 Å². The highest BCUT2D eigenvalue weighted by Gasteiger charge is 2.26.